The van der Waals surface area contributed by atoms with E-state index in [0.717, 1.165) is 42.6 Å². The summed E-state index contributed by atoms with van der Waals surface area (Å²) in [7, 11) is 0. The number of hydrogen-bond donors (Lipinski definition) is 1. The highest BCUT2D eigenvalue weighted by molar-refractivity contribution is 6.39. The molecule has 35 heavy (non-hydrogen) atoms. The fraction of sp³-hybridized carbons (Fsp3) is 0.429. The molecule has 7 rings (SSSR count). The van der Waals surface area contributed by atoms with Crippen LogP contribution in [-0.2, 0) is 22.7 Å². The van der Waals surface area contributed by atoms with E-state index in [1.54, 1.807) is 18.2 Å². The van der Waals surface area contributed by atoms with Crippen molar-refractivity contribution in [2.24, 2.45) is 17.8 Å². The number of benzene rings is 2. The van der Waals surface area contributed by atoms with Gasteiger partial charge >= 0.3 is 5.97 Å². The van der Waals surface area contributed by atoms with E-state index in [0.29, 0.717) is 27.1 Å². The van der Waals surface area contributed by atoms with Crippen LogP contribution in [0.15, 0.2) is 48.5 Å². The van der Waals surface area contributed by atoms with Crippen LogP contribution in [-0.4, -0.2) is 21.5 Å². The number of ether oxygens (including phenoxy) is 2. The molecule has 2 aromatic carbocycles. The molecule has 182 valence electrons. The smallest absolute Gasteiger partial charge is 0.359 e. The van der Waals surface area contributed by atoms with E-state index in [2.05, 4.69) is 9.97 Å². The van der Waals surface area contributed by atoms with Crippen LogP contribution in [0.25, 0.3) is 11.4 Å². The van der Waals surface area contributed by atoms with Crippen molar-refractivity contribution in [3.05, 3.63) is 75.5 Å². The molecule has 5 nitrogen and oxygen atoms in total. The summed E-state index contributed by atoms with van der Waals surface area (Å²) in [6.07, 6.45) is 7.38. The minimum atomic E-state index is -0.497. The van der Waals surface area contributed by atoms with Crippen molar-refractivity contribution >= 4 is 29.2 Å². The molecule has 1 aromatic heterocycles. The van der Waals surface area contributed by atoms with Crippen LogP contribution in [0.5, 0.6) is 0 Å². The number of aromatic amines is 1. The van der Waals surface area contributed by atoms with Gasteiger partial charge in [-0.15, -0.1) is 0 Å². The number of halogens is 2. The van der Waals surface area contributed by atoms with Crippen LogP contribution in [0.2, 0.25) is 10.0 Å². The maximum Gasteiger partial charge on any atom is 0.359 e. The Kier molecular flexibility index (Phi) is 6.11. The second-order valence-corrected chi connectivity index (χ2v) is 11.3. The second-order valence-electron chi connectivity index (χ2n) is 10.5. The molecule has 1 heterocycles. The Bertz CT molecular complexity index is 1180. The average molecular weight is 511 g/mol. The third-order valence-electron chi connectivity index (χ3n) is 7.89. The first kappa shape index (κ1) is 23.1. The Hall–Kier alpha value is -2.34. The van der Waals surface area contributed by atoms with E-state index in [4.69, 9.17) is 32.7 Å². The molecule has 3 aromatic rings. The molecular formula is C28H28Cl2N2O3. The maximum absolute atomic E-state index is 13.1. The standard InChI is InChI=1S/C28H28Cl2N2O3/c29-21-7-4-8-22(30)24(21)26-31-23(25(32-26)27(33)34-15-17-5-2-1-3-6-17)16-35-28-12-18-9-19(13-28)11-20(10-18)14-28/h1-8,18-20H,9-16H2,(H,31,32). The van der Waals surface area contributed by atoms with Gasteiger partial charge < -0.3 is 14.5 Å². The lowest BCUT2D eigenvalue weighted by molar-refractivity contribution is -0.169. The summed E-state index contributed by atoms with van der Waals surface area (Å²) in [5.74, 6) is 2.27. The summed E-state index contributed by atoms with van der Waals surface area (Å²) in [6, 6.07) is 14.9. The molecule has 0 unspecified atom stereocenters. The van der Waals surface area contributed by atoms with E-state index in [-0.39, 0.29) is 24.5 Å². The molecule has 4 saturated carbocycles. The van der Waals surface area contributed by atoms with Gasteiger partial charge in [0.25, 0.3) is 0 Å². The van der Waals surface area contributed by atoms with Crippen molar-refractivity contribution in [1.29, 1.82) is 0 Å². The number of nitrogens with zero attached hydrogens (tertiary/aromatic N) is 1. The third-order valence-corrected chi connectivity index (χ3v) is 8.52. The van der Waals surface area contributed by atoms with Crippen LogP contribution in [0, 0.1) is 17.8 Å². The maximum atomic E-state index is 13.1. The third kappa shape index (κ3) is 4.62. The fourth-order valence-electron chi connectivity index (χ4n) is 6.75. The first-order valence-corrected chi connectivity index (χ1v) is 13.1. The number of esters is 1. The SMILES string of the molecule is O=C(OCc1ccccc1)c1nc(-c2c(Cl)cccc2Cl)[nH]c1COC12CC3CC(CC(C3)C1)C2. The molecule has 7 heteroatoms. The number of imidazole rings is 1. The van der Waals surface area contributed by atoms with Crippen molar-refractivity contribution in [1.82, 2.24) is 9.97 Å². The number of H-pyrrole nitrogens is 1. The van der Waals surface area contributed by atoms with Crippen LogP contribution < -0.4 is 0 Å². The molecule has 0 atom stereocenters. The molecule has 0 radical (unpaired) electrons. The van der Waals surface area contributed by atoms with E-state index in [1.807, 2.05) is 30.3 Å². The molecule has 0 saturated heterocycles. The summed E-state index contributed by atoms with van der Waals surface area (Å²) in [5, 5.41) is 0.924. The Balaban J connectivity index is 1.27. The quantitative estimate of drug-likeness (QED) is 0.340. The molecule has 4 fully saturated rings. The normalized spacial score (nSPS) is 26.7. The highest BCUT2D eigenvalue weighted by atomic mass is 35.5. The minimum Gasteiger partial charge on any atom is -0.456 e. The zero-order chi connectivity index (χ0) is 24.0. The van der Waals surface area contributed by atoms with Crippen molar-refractivity contribution in [2.75, 3.05) is 0 Å². The predicted molar refractivity (Wildman–Crippen MR) is 135 cm³/mol. The summed E-state index contributed by atoms with van der Waals surface area (Å²) in [5.41, 5.74) is 2.21. The monoisotopic (exact) mass is 510 g/mol. The zero-order valence-electron chi connectivity index (χ0n) is 19.4. The number of nitrogens with one attached hydrogen (secondary N) is 1. The Morgan fingerprint density at radius 3 is 2.17 bits per heavy atom. The summed E-state index contributed by atoms with van der Waals surface area (Å²) in [6.45, 7) is 0.445. The molecule has 0 amide bonds. The number of carbonyl (C=O) groups excluding carboxylic acids is 1. The van der Waals surface area contributed by atoms with Crippen molar-refractivity contribution in [2.45, 2.75) is 57.3 Å². The number of carbonyl (C=O) groups is 1. The largest absolute Gasteiger partial charge is 0.456 e. The van der Waals surface area contributed by atoms with Crippen LogP contribution in [0.3, 0.4) is 0 Å². The van der Waals surface area contributed by atoms with Gasteiger partial charge in [0.15, 0.2) is 5.69 Å². The van der Waals surface area contributed by atoms with Gasteiger partial charge in [-0.05, 0) is 74.0 Å². The molecule has 1 N–H and O–H groups in total. The van der Waals surface area contributed by atoms with E-state index in [9.17, 15) is 4.79 Å². The van der Waals surface area contributed by atoms with Gasteiger partial charge in [0, 0.05) is 0 Å². The van der Waals surface area contributed by atoms with E-state index >= 15 is 0 Å². The van der Waals surface area contributed by atoms with Gasteiger partial charge in [-0.2, -0.15) is 0 Å². The highest BCUT2D eigenvalue weighted by Gasteiger charge is 2.51. The summed E-state index contributed by atoms with van der Waals surface area (Å²) >= 11 is 12.9. The lowest BCUT2D eigenvalue weighted by Crippen LogP contribution is -2.51. The Morgan fingerprint density at radius 1 is 0.914 bits per heavy atom. The van der Waals surface area contributed by atoms with E-state index < -0.39 is 5.97 Å². The average Bonchev–Trinajstić information content (AvgIpc) is 3.25. The summed E-state index contributed by atoms with van der Waals surface area (Å²) in [4.78, 5) is 21.0. The second kappa shape index (κ2) is 9.27. The molecule has 0 aliphatic heterocycles. The van der Waals surface area contributed by atoms with Crippen molar-refractivity contribution < 1.29 is 14.3 Å². The Morgan fingerprint density at radius 2 is 1.54 bits per heavy atom. The van der Waals surface area contributed by atoms with Crippen LogP contribution in [0.1, 0.15) is 60.3 Å². The van der Waals surface area contributed by atoms with Crippen molar-refractivity contribution in [3.63, 3.8) is 0 Å². The number of aromatic nitrogens is 2. The van der Waals surface area contributed by atoms with Gasteiger partial charge in [0.2, 0.25) is 0 Å². The lowest BCUT2D eigenvalue weighted by Gasteiger charge is -2.56. The van der Waals surface area contributed by atoms with Gasteiger partial charge in [-0.3, -0.25) is 0 Å². The van der Waals surface area contributed by atoms with Gasteiger partial charge in [-0.1, -0.05) is 59.6 Å². The fourth-order valence-corrected chi connectivity index (χ4v) is 7.33. The van der Waals surface area contributed by atoms with Crippen LogP contribution >= 0.6 is 23.2 Å². The number of hydrogen-bond acceptors (Lipinski definition) is 4. The van der Waals surface area contributed by atoms with Gasteiger partial charge in [0.1, 0.15) is 12.4 Å². The van der Waals surface area contributed by atoms with Crippen LogP contribution in [0.4, 0.5) is 0 Å². The Labute approximate surface area is 215 Å². The number of rotatable bonds is 7. The highest BCUT2D eigenvalue weighted by Crippen LogP contribution is 2.57. The topological polar surface area (TPSA) is 64.2 Å². The van der Waals surface area contributed by atoms with Gasteiger partial charge in [0.05, 0.1) is 33.5 Å². The first-order valence-electron chi connectivity index (χ1n) is 12.4. The molecule has 4 aliphatic carbocycles. The van der Waals surface area contributed by atoms with Crippen molar-refractivity contribution in [3.8, 4) is 11.4 Å². The lowest BCUT2D eigenvalue weighted by atomic mass is 9.54. The molecule has 4 bridgehead atoms. The zero-order valence-corrected chi connectivity index (χ0v) is 20.9. The van der Waals surface area contributed by atoms with E-state index in [1.165, 1.54) is 19.3 Å². The minimum absolute atomic E-state index is 0.0900. The molecular weight excluding hydrogens is 483 g/mol. The predicted octanol–water partition coefficient (Wildman–Crippen LogP) is 7.23. The molecule has 4 aliphatic rings. The first-order chi connectivity index (χ1) is 17.0. The summed E-state index contributed by atoms with van der Waals surface area (Å²) < 4.78 is 12.3. The van der Waals surface area contributed by atoms with Gasteiger partial charge in [-0.25, -0.2) is 9.78 Å². The molecule has 0 spiro atoms.